The molecule has 118 valence electrons. The van der Waals surface area contributed by atoms with Crippen LogP contribution in [0, 0.1) is 5.92 Å². The van der Waals surface area contributed by atoms with Crippen LogP contribution in [0.5, 0.6) is 5.75 Å². The van der Waals surface area contributed by atoms with Crippen molar-refractivity contribution in [2.24, 2.45) is 5.92 Å². The molecule has 0 aromatic heterocycles. The third-order valence-electron chi connectivity index (χ3n) is 4.43. The Bertz CT molecular complexity index is 368. The van der Waals surface area contributed by atoms with Gasteiger partial charge in [0.1, 0.15) is 5.75 Å². The van der Waals surface area contributed by atoms with Crippen LogP contribution < -0.4 is 10.1 Å². The number of ether oxygens (including phenoxy) is 1. The Balaban J connectivity index is 1.62. The Labute approximate surface area is 130 Å². The van der Waals surface area contributed by atoms with Crippen LogP contribution in [-0.2, 0) is 6.54 Å². The van der Waals surface area contributed by atoms with E-state index in [4.69, 9.17) is 4.74 Å². The highest BCUT2D eigenvalue weighted by molar-refractivity contribution is 5.27. The quantitative estimate of drug-likeness (QED) is 0.651. The lowest BCUT2D eigenvalue weighted by Crippen LogP contribution is -2.24. The Morgan fingerprint density at radius 3 is 2.52 bits per heavy atom. The molecule has 2 heteroatoms. The number of benzene rings is 1. The smallest absolute Gasteiger partial charge is 0.119 e. The van der Waals surface area contributed by atoms with E-state index >= 15 is 0 Å². The molecule has 2 nitrogen and oxygen atoms in total. The van der Waals surface area contributed by atoms with Gasteiger partial charge >= 0.3 is 0 Å². The van der Waals surface area contributed by atoms with E-state index in [0.29, 0.717) is 0 Å². The molecule has 0 aliphatic heterocycles. The monoisotopic (exact) mass is 289 g/mol. The Morgan fingerprint density at radius 1 is 1.05 bits per heavy atom. The molecule has 1 fully saturated rings. The molecule has 2 rings (SSSR count). The molecular formula is C19H31NO. The van der Waals surface area contributed by atoms with Crippen molar-refractivity contribution in [3.63, 3.8) is 0 Å². The zero-order chi connectivity index (χ0) is 14.8. The molecule has 0 spiro atoms. The van der Waals surface area contributed by atoms with Crippen LogP contribution in [0.1, 0.15) is 63.9 Å². The highest BCUT2D eigenvalue weighted by atomic mass is 16.5. The van der Waals surface area contributed by atoms with Crippen molar-refractivity contribution in [1.82, 2.24) is 5.32 Å². The highest BCUT2D eigenvalue weighted by Crippen LogP contribution is 2.22. The summed E-state index contributed by atoms with van der Waals surface area (Å²) >= 11 is 0. The van der Waals surface area contributed by atoms with E-state index in [2.05, 4.69) is 36.5 Å². The van der Waals surface area contributed by atoms with Crippen LogP contribution in [0.25, 0.3) is 0 Å². The first-order valence-corrected chi connectivity index (χ1v) is 8.81. The van der Waals surface area contributed by atoms with Crippen molar-refractivity contribution in [1.29, 1.82) is 0 Å². The van der Waals surface area contributed by atoms with Gasteiger partial charge in [0.25, 0.3) is 0 Å². The maximum Gasteiger partial charge on any atom is 0.119 e. The Morgan fingerprint density at radius 2 is 1.81 bits per heavy atom. The summed E-state index contributed by atoms with van der Waals surface area (Å²) in [4.78, 5) is 0. The Kier molecular flexibility index (Phi) is 7.66. The predicted molar refractivity (Wildman–Crippen MR) is 89.7 cm³/mol. The van der Waals surface area contributed by atoms with E-state index in [-0.39, 0.29) is 0 Å². The van der Waals surface area contributed by atoms with Gasteiger partial charge in [0.05, 0.1) is 6.61 Å². The summed E-state index contributed by atoms with van der Waals surface area (Å²) in [6.07, 6.45) is 10.8. The topological polar surface area (TPSA) is 21.3 Å². The lowest BCUT2D eigenvalue weighted by Gasteiger charge is -2.21. The molecule has 0 bridgehead atoms. The number of hydrogen-bond acceptors (Lipinski definition) is 2. The molecule has 1 N–H and O–H groups in total. The van der Waals surface area contributed by atoms with Crippen molar-refractivity contribution in [2.45, 2.75) is 64.8 Å². The molecule has 1 aliphatic carbocycles. The lowest BCUT2D eigenvalue weighted by molar-refractivity contribution is 0.306. The van der Waals surface area contributed by atoms with E-state index in [1.807, 2.05) is 0 Å². The van der Waals surface area contributed by atoms with Gasteiger partial charge in [-0.05, 0) is 49.4 Å². The lowest BCUT2D eigenvalue weighted by atomic mass is 9.89. The van der Waals surface area contributed by atoms with E-state index in [0.717, 1.165) is 31.2 Å². The highest BCUT2D eigenvalue weighted by Gasteiger charge is 2.12. The van der Waals surface area contributed by atoms with E-state index < -0.39 is 0 Å². The summed E-state index contributed by atoms with van der Waals surface area (Å²) in [5, 5.41) is 3.61. The maximum atomic E-state index is 5.74. The van der Waals surface area contributed by atoms with E-state index in [9.17, 15) is 0 Å². The molecule has 0 atom stereocenters. The van der Waals surface area contributed by atoms with Crippen LogP contribution in [0.2, 0.25) is 0 Å². The first kappa shape index (κ1) is 16.4. The Hall–Kier alpha value is -1.02. The summed E-state index contributed by atoms with van der Waals surface area (Å²) < 4.78 is 5.74. The minimum Gasteiger partial charge on any atom is -0.494 e. The second-order valence-electron chi connectivity index (χ2n) is 6.33. The number of nitrogens with one attached hydrogen (secondary N) is 1. The van der Waals surface area contributed by atoms with Gasteiger partial charge in [-0.1, -0.05) is 51.2 Å². The summed E-state index contributed by atoms with van der Waals surface area (Å²) in [5.41, 5.74) is 1.35. The normalized spacial score (nSPS) is 16.0. The van der Waals surface area contributed by atoms with Crippen LogP contribution in [0.4, 0.5) is 0 Å². The SMILES string of the molecule is CCCCCOc1ccc(CNCC2CCCCC2)cc1. The fourth-order valence-electron chi connectivity index (χ4n) is 3.06. The fourth-order valence-corrected chi connectivity index (χ4v) is 3.06. The largest absolute Gasteiger partial charge is 0.494 e. The molecular weight excluding hydrogens is 258 g/mol. The molecule has 1 saturated carbocycles. The average Bonchev–Trinajstić information content (AvgIpc) is 2.54. The maximum absolute atomic E-state index is 5.74. The molecule has 0 radical (unpaired) electrons. The van der Waals surface area contributed by atoms with Crippen molar-refractivity contribution < 1.29 is 4.74 Å². The standard InChI is InChI=1S/C19H31NO/c1-2-3-7-14-21-19-12-10-18(11-13-19)16-20-15-17-8-5-4-6-9-17/h10-13,17,20H,2-9,14-16H2,1H3. The third-order valence-corrected chi connectivity index (χ3v) is 4.43. The van der Waals surface area contributed by atoms with Crippen molar-refractivity contribution >= 4 is 0 Å². The van der Waals surface area contributed by atoms with Crippen molar-refractivity contribution in [3.05, 3.63) is 29.8 Å². The van der Waals surface area contributed by atoms with Crippen molar-refractivity contribution in [3.8, 4) is 5.75 Å². The number of hydrogen-bond donors (Lipinski definition) is 1. The molecule has 1 aromatic carbocycles. The fraction of sp³-hybridized carbons (Fsp3) is 0.684. The second kappa shape index (κ2) is 9.83. The van der Waals surface area contributed by atoms with Gasteiger partial charge in [-0.3, -0.25) is 0 Å². The zero-order valence-corrected chi connectivity index (χ0v) is 13.6. The summed E-state index contributed by atoms with van der Waals surface area (Å²) in [5.74, 6) is 1.90. The molecule has 1 aromatic rings. The van der Waals surface area contributed by atoms with Gasteiger partial charge in [-0.25, -0.2) is 0 Å². The predicted octanol–water partition coefficient (Wildman–Crippen LogP) is 4.93. The van der Waals surface area contributed by atoms with Gasteiger partial charge in [0.2, 0.25) is 0 Å². The van der Waals surface area contributed by atoms with Gasteiger partial charge in [-0.15, -0.1) is 0 Å². The van der Waals surface area contributed by atoms with Gasteiger partial charge in [0, 0.05) is 6.54 Å². The molecule has 0 amide bonds. The second-order valence-corrected chi connectivity index (χ2v) is 6.33. The first-order valence-electron chi connectivity index (χ1n) is 8.81. The molecule has 0 saturated heterocycles. The summed E-state index contributed by atoms with van der Waals surface area (Å²) in [6.45, 7) is 5.21. The minimum absolute atomic E-state index is 0.840. The van der Waals surface area contributed by atoms with E-state index in [1.165, 1.54) is 57.1 Å². The zero-order valence-electron chi connectivity index (χ0n) is 13.6. The van der Waals surface area contributed by atoms with Crippen molar-refractivity contribution in [2.75, 3.05) is 13.2 Å². The molecule has 1 aliphatic rings. The van der Waals surface area contributed by atoms with E-state index in [1.54, 1.807) is 0 Å². The van der Waals surface area contributed by atoms with Crippen LogP contribution >= 0.6 is 0 Å². The molecule has 0 unspecified atom stereocenters. The average molecular weight is 289 g/mol. The van der Waals surface area contributed by atoms with Gasteiger partial charge in [-0.2, -0.15) is 0 Å². The summed E-state index contributed by atoms with van der Waals surface area (Å²) in [7, 11) is 0. The molecule has 0 heterocycles. The third kappa shape index (κ3) is 6.52. The number of rotatable bonds is 9. The van der Waals surface area contributed by atoms with Crippen LogP contribution in [-0.4, -0.2) is 13.2 Å². The van der Waals surface area contributed by atoms with Crippen LogP contribution in [0.3, 0.4) is 0 Å². The first-order chi connectivity index (χ1) is 10.4. The number of unbranched alkanes of at least 4 members (excludes halogenated alkanes) is 2. The molecule has 21 heavy (non-hydrogen) atoms. The van der Waals surface area contributed by atoms with Crippen LogP contribution in [0.15, 0.2) is 24.3 Å². The van der Waals surface area contributed by atoms with Gasteiger partial charge in [0.15, 0.2) is 0 Å². The summed E-state index contributed by atoms with van der Waals surface area (Å²) in [6, 6.07) is 8.57. The minimum atomic E-state index is 0.840. The van der Waals surface area contributed by atoms with Gasteiger partial charge < -0.3 is 10.1 Å².